The molecule has 1 N–H and O–H groups in total. The molecular formula is C28H36N6O5S. The van der Waals surface area contributed by atoms with Gasteiger partial charge in [-0.3, -0.25) is 9.59 Å². The number of ether oxygens (including phenoxy) is 3. The number of hydrogen-bond acceptors (Lipinski definition) is 9. The second-order valence-corrected chi connectivity index (χ2v) is 11.1. The highest BCUT2D eigenvalue weighted by Crippen LogP contribution is 2.34. The third-order valence-electron chi connectivity index (χ3n) is 7.49. The van der Waals surface area contributed by atoms with Crippen LogP contribution in [-0.4, -0.2) is 76.4 Å². The molecule has 0 radical (unpaired) electrons. The van der Waals surface area contributed by atoms with Crippen LogP contribution in [0.25, 0.3) is 11.4 Å². The Labute approximate surface area is 237 Å². The Kier molecular flexibility index (Phi) is 9.27. The lowest BCUT2D eigenvalue weighted by atomic mass is 9.92. The summed E-state index contributed by atoms with van der Waals surface area (Å²) in [5.74, 6) is 1.10. The molecule has 0 unspecified atom stereocenters. The number of nitrogens with one attached hydrogen (secondary N) is 1. The van der Waals surface area contributed by atoms with Gasteiger partial charge in [0.15, 0.2) is 11.5 Å². The third-order valence-corrected chi connectivity index (χ3v) is 8.42. The maximum atomic E-state index is 14.0. The number of aromatic nitrogens is 4. The molecule has 11 nitrogen and oxygen atoms in total. The number of methoxy groups -OCH3 is 2. The first-order chi connectivity index (χ1) is 19.6. The van der Waals surface area contributed by atoms with Crippen molar-refractivity contribution in [3.8, 4) is 22.9 Å². The molecule has 0 bridgehead atoms. The van der Waals surface area contributed by atoms with Crippen molar-refractivity contribution in [1.29, 1.82) is 0 Å². The van der Waals surface area contributed by atoms with Gasteiger partial charge in [-0.25, -0.2) is 0 Å². The van der Waals surface area contributed by atoms with Crippen LogP contribution in [0.15, 0.2) is 35.7 Å². The standard InChI is InChI=1S/C28H36N6O5S/c1-37-22-13-12-19(16-23(22)38-2)27-30-32-33(31-27)18-25(35)34(20-8-4-3-5-9-20)26(24-11-7-15-40-24)28(36)29-17-21-10-6-14-39-21/h7,11-13,15-16,20-21,26H,3-6,8-10,14,17-18H2,1-2H3,(H,29,36)/t21-,26-/m1/s1. The summed E-state index contributed by atoms with van der Waals surface area (Å²) in [6.07, 6.45) is 6.83. The molecule has 1 aromatic carbocycles. The minimum atomic E-state index is -0.731. The van der Waals surface area contributed by atoms with Crippen LogP contribution >= 0.6 is 11.3 Å². The number of carbonyl (C=O) groups excluding carboxylic acids is 2. The highest BCUT2D eigenvalue weighted by atomic mass is 32.1. The minimum absolute atomic E-state index is 0.0149. The predicted octanol–water partition coefficient (Wildman–Crippen LogP) is 3.62. The first kappa shape index (κ1) is 28.0. The van der Waals surface area contributed by atoms with Crippen molar-refractivity contribution in [2.45, 2.75) is 69.7 Å². The second kappa shape index (κ2) is 13.2. The van der Waals surface area contributed by atoms with Crippen molar-refractivity contribution in [3.63, 3.8) is 0 Å². The van der Waals surface area contributed by atoms with Gasteiger partial charge in [-0.05, 0) is 60.5 Å². The van der Waals surface area contributed by atoms with Gasteiger partial charge < -0.3 is 24.4 Å². The molecule has 2 amide bonds. The van der Waals surface area contributed by atoms with Gasteiger partial charge in [-0.1, -0.05) is 25.3 Å². The fraction of sp³-hybridized carbons (Fsp3) is 0.536. The van der Waals surface area contributed by atoms with Crippen molar-refractivity contribution < 1.29 is 23.8 Å². The van der Waals surface area contributed by atoms with Crippen molar-refractivity contribution >= 4 is 23.2 Å². The average Bonchev–Trinajstić information content (AvgIpc) is 3.78. The van der Waals surface area contributed by atoms with Gasteiger partial charge in [0.25, 0.3) is 0 Å². The number of benzene rings is 1. The van der Waals surface area contributed by atoms with Crippen molar-refractivity contribution in [1.82, 2.24) is 30.4 Å². The van der Waals surface area contributed by atoms with Crippen LogP contribution in [0.4, 0.5) is 0 Å². The molecule has 1 saturated heterocycles. The van der Waals surface area contributed by atoms with Crippen LogP contribution in [0, 0.1) is 0 Å². The van der Waals surface area contributed by atoms with E-state index in [0.717, 1.165) is 56.4 Å². The molecule has 2 atom stereocenters. The van der Waals surface area contributed by atoms with Crippen molar-refractivity contribution in [2.24, 2.45) is 0 Å². The van der Waals surface area contributed by atoms with Gasteiger partial charge >= 0.3 is 0 Å². The SMILES string of the molecule is COc1ccc(-c2nnn(CC(=O)N(C3CCCCC3)[C@@H](C(=O)NC[C@H]3CCCO3)c3cccs3)n2)cc1OC. The van der Waals surface area contributed by atoms with E-state index in [0.29, 0.717) is 29.4 Å². The van der Waals surface area contributed by atoms with Crippen LogP contribution < -0.4 is 14.8 Å². The highest BCUT2D eigenvalue weighted by Gasteiger charge is 2.38. The average molecular weight is 569 g/mol. The van der Waals surface area contributed by atoms with E-state index in [-0.39, 0.29) is 30.5 Å². The number of tetrazole rings is 1. The van der Waals surface area contributed by atoms with Crippen LogP contribution in [0.2, 0.25) is 0 Å². The Hall–Kier alpha value is -3.51. The molecule has 3 aromatic rings. The maximum Gasteiger partial charge on any atom is 0.248 e. The quantitative estimate of drug-likeness (QED) is 0.372. The third kappa shape index (κ3) is 6.44. The lowest BCUT2D eigenvalue weighted by Gasteiger charge is -2.39. The van der Waals surface area contributed by atoms with Gasteiger partial charge in [-0.15, -0.1) is 21.5 Å². The second-order valence-electron chi connectivity index (χ2n) is 10.1. The van der Waals surface area contributed by atoms with E-state index in [4.69, 9.17) is 14.2 Å². The van der Waals surface area contributed by atoms with E-state index in [9.17, 15) is 9.59 Å². The first-order valence-electron chi connectivity index (χ1n) is 13.8. The molecule has 5 rings (SSSR count). The zero-order valence-electron chi connectivity index (χ0n) is 23.0. The molecule has 1 saturated carbocycles. The summed E-state index contributed by atoms with van der Waals surface area (Å²) in [6.45, 7) is 1.03. The highest BCUT2D eigenvalue weighted by molar-refractivity contribution is 7.10. The molecule has 2 fully saturated rings. The lowest BCUT2D eigenvalue weighted by Crippen LogP contribution is -2.51. The van der Waals surface area contributed by atoms with Gasteiger partial charge in [0.1, 0.15) is 12.6 Å². The number of nitrogens with zero attached hydrogens (tertiary/aromatic N) is 5. The smallest absolute Gasteiger partial charge is 0.248 e. The van der Waals surface area contributed by atoms with E-state index in [2.05, 4.69) is 20.7 Å². The van der Waals surface area contributed by atoms with E-state index >= 15 is 0 Å². The van der Waals surface area contributed by atoms with Gasteiger partial charge in [0, 0.05) is 29.6 Å². The number of carbonyl (C=O) groups is 2. The molecule has 1 aliphatic heterocycles. The zero-order valence-corrected chi connectivity index (χ0v) is 23.8. The Morgan fingerprint density at radius 1 is 1.12 bits per heavy atom. The summed E-state index contributed by atoms with van der Waals surface area (Å²) < 4.78 is 16.4. The summed E-state index contributed by atoms with van der Waals surface area (Å²) in [5, 5.41) is 17.8. The summed E-state index contributed by atoms with van der Waals surface area (Å²) in [7, 11) is 3.13. The number of hydrogen-bond donors (Lipinski definition) is 1. The van der Waals surface area contributed by atoms with Gasteiger partial charge in [0.05, 0.1) is 20.3 Å². The fourth-order valence-electron chi connectivity index (χ4n) is 5.48. The molecule has 1 aliphatic carbocycles. The molecule has 0 spiro atoms. The van der Waals surface area contributed by atoms with E-state index < -0.39 is 6.04 Å². The Balaban J connectivity index is 1.38. The summed E-state index contributed by atoms with van der Waals surface area (Å²) in [5.41, 5.74) is 0.686. The predicted molar refractivity (Wildman–Crippen MR) is 149 cm³/mol. The maximum absolute atomic E-state index is 14.0. The minimum Gasteiger partial charge on any atom is -0.493 e. The molecule has 3 heterocycles. The van der Waals surface area contributed by atoms with Crippen LogP contribution in [-0.2, 0) is 20.9 Å². The topological polar surface area (TPSA) is 121 Å². The summed E-state index contributed by atoms with van der Waals surface area (Å²) >= 11 is 1.48. The number of amides is 2. The molecule has 2 aromatic heterocycles. The number of rotatable bonds is 11. The van der Waals surface area contributed by atoms with Crippen molar-refractivity contribution in [2.75, 3.05) is 27.4 Å². The summed E-state index contributed by atoms with van der Waals surface area (Å²) in [4.78, 5) is 31.6. The molecule has 40 heavy (non-hydrogen) atoms. The van der Waals surface area contributed by atoms with Gasteiger partial charge in [0.2, 0.25) is 17.6 Å². The summed E-state index contributed by atoms with van der Waals surface area (Å²) in [6, 6.07) is 8.41. The van der Waals surface area contributed by atoms with Crippen LogP contribution in [0.1, 0.15) is 55.9 Å². The normalized spacial score (nSPS) is 18.3. The molecule has 12 heteroatoms. The Morgan fingerprint density at radius 2 is 1.95 bits per heavy atom. The number of thiophene rings is 1. The van der Waals surface area contributed by atoms with Crippen molar-refractivity contribution in [3.05, 3.63) is 40.6 Å². The monoisotopic (exact) mass is 568 g/mol. The molecular weight excluding hydrogens is 532 g/mol. The lowest BCUT2D eigenvalue weighted by molar-refractivity contribution is -0.145. The first-order valence-corrected chi connectivity index (χ1v) is 14.7. The largest absolute Gasteiger partial charge is 0.493 e. The van der Waals surface area contributed by atoms with Gasteiger partial charge in [-0.2, -0.15) is 4.80 Å². The fourth-order valence-corrected chi connectivity index (χ4v) is 6.30. The van der Waals surface area contributed by atoms with E-state index in [1.165, 1.54) is 16.1 Å². The van der Waals surface area contributed by atoms with Crippen LogP contribution in [0.3, 0.4) is 0 Å². The molecule has 214 valence electrons. The Morgan fingerprint density at radius 3 is 2.65 bits per heavy atom. The van der Waals surface area contributed by atoms with E-state index in [1.54, 1.807) is 31.3 Å². The zero-order chi connectivity index (χ0) is 27.9. The Bertz CT molecular complexity index is 1270. The van der Waals surface area contributed by atoms with Crippen LogP contribution in [0.5, 0.6) is 11.5 Å². The van der Waals surface area contributed by atoms with E-state index in [1.807, 2.05) is 23.6 Å². The molecule has 2 aliphatic rings.